The summed E-state index contributed by atoms with van der Waals surface area (Å²) < 4.78 is 1.46. The number of fused-ring (bicyclic) bond motifs is 1. The molecule has 0 aliphatic rings. The Labute approximate surface area is 106 Å². The highest BCUT2D eigenvalue weighted by Crippen LogP contribution is 2.18. The minimum absolute atomic E-state index is 0.168. The van der Waals surface area contributed by atoms with Crippen LogP contribution in [-0.2, 0) is 0 Å². The van der Waals surface area contributed by atoms with Crippen molar-refractivity contribution in [3.63, 3.8) is 0 Å². The molecule has 0 fully saturated rings. The second-order valence-electron chi connectivity index (χ2n) is 3.76. The van der Waals surface area contributed by atoms with Gasteiger partial charge in [-0.25, -0.2) is 4.68 Å². The Bertz CT molecular complexity index is 758. The molecule has 9 nitrogen and oxygen atoms in total. The van der Waals surface area contributed by atoms with Crippen molar-refractivity contribution in [2.75, 3.05) is 12.4 Å². The fourth-order valence-corrected chi connectivity index (χ4v) is 1.68. The average molecular weight is 258 g/mol. The Hall–Kier alpha value is -2.97. The van der Waals surface area contributed by atoms with Gasteiger partial charge >= 0.3 is 0 Å². The van der Waals surface area contributed by atoms with Gasteiger partial charge in [-0.15, -0.1) is 0 Å². The van der Waals surface area contributed by atoms with E-state index in [2.05, 4.69) is 30.6 Å². The lowest BCUT2D eigenvalue weighted by Crippen LogP contribution is -2.12. The minimum atomic E-state index is -0.593. The first-order chi connectivity index (χ1) is 9.19. The average Bonchev–Trinajstić information content (AvgIpc) is 3.06. The number of hydrogen-bond acceptors (Lipinski definition) is 6. The highest BCUT2D eigenvalue weighted by Gasteiger charge is 2.13. The number of primary amides is 1. The number of nitrogens with zero attached hydrogens (tertiary/aromatic N) is 5. The third-order valence-electron chi connectivity index (χ3n) is 2.57. The van der Waals surface area contributed by atoms with Gasteiger partial charge in [0, 0.05) is 13.2 Å². The van der Waals surface area contributed by atoms with E-state index in [0.717, 1.165) is 0 Å². The number of rotatable bonds is 3. The third-order valence-corrected chi connectivity index (χ3v) is 2.57. The van der Waals surface area contributed by atoms with E-state index in [1.54, 1.807) is 19.4 Å². The topological polar surface area (TPSA) is 127 Å². The number of anilines is 1. The second kappa shape index (κ2) is 4.05. The lowest BCUT2D eigenvalue weighted by atomic mass is 10.4. The molecule has 0 aromatic carbocycles. The van der Waals surface area contributed by atoms with E-state index in [-0.39, 0.29) is 5.69 Å². The Balaban J connectivity index is 2.21. The lowest BCUT2D eigenvalue weighted by molar-refractivity contribution is 0.0995. The van der Waals surface area contributed by atoms with Crippen molar-refractivity contribution in [2.45, 2.75) is 0 Å². The van der Waals surface area contributed by atoms with Crippen LogP contribution in [0.15, 0.2) is 18.5 Å². The summed E-state index contributed by atoms with van der Waals surface area (Å²) in [6.07, 6.45) is 3.20. The number of aromatic amines is 1. The molecule has 3 aromatic rings. The maximum Gasteiger partial charge on any atom is 0.269 e. The summed E-state index contributed by atoms with van der Waals surface area (Å²) in [5.74, 6) is 0.337. The molecule has 96 valence electrons. The summed E-state index contributed by atoms with van der Waals surface area (Å²) in [7, 11) is 1.71. The number of carbonyl (C=O) groups is 1. The van der Waals surface area contributed by atoms with Gasteiger partial charge in [-0.05, 0) is 6.07 Å². The van der Waals surface area contributed by atoms with Crippen LogP contribution < -0.4 is 11.1 Å². The van der Waals surface area contributed by atoms with Gasteiger partial charge < -0.3 is 11.1 Å². The fourth-order valence-electron chi connectivity index (χ4n) is 1.68. The molecule has 0 saturated carbocycles. The van der Waals surface area contributed by atoms with Crippen LogP contribution >= 0.6 is 0 Å². The maximum absolute atomic E-state index is 11.1. The molecule has 0 saturated heterocycles. The first-order valence-corrected chi connectivity index (χ1v) is 5.44. The molecule has 3 rings (SSSR count). The summed E-state index contributed by atoms with van der Waals surface area (Å²) >= 11 is 0. The second-order valence-corrected chi connectivity index (χ2v) is 3.76. The van der Waals surface area contributed by atoms with Gasteiger partial charge in [-0.2, -0.15) is 20.2 Å². The van der Waals surface area contributed by atoms with E-state index in [0.29, 0.717) is 22.8 Å². The Morgan fingerprint density at radius 2 is 2.32 bits per heavy atom. The van der Waals surface area contributed by atoms with Crippen LogP contribution in [0.5, 0.6) is 0 Å². The molecule has 0 radical (unpaired) electrons. The molecular weight excluding hydrogens is 248 g/mol. The van der Waals surface area contributed by atoms with Crippen LogP contribution in [0.4, 0.5) is 5.95 Å². The summed E-state index contributed by atoms with van der Waals surface area (Å²) in [5, 5.41) is 14.3. The first kappa shape index (κ1) is 11.1. The van der Waals surface area contributed by atoms with E-state index in [9.17, 15) is 4.79 Å². The molecule has 0 aliphatic carbocycles. The molecule has 9 heteroatoms. The van der Waals surface area contributed by atoms with Gasteiger partial charge in [0.1, 0.15) is 5.69 Å². The molecule has 0 atom stereocenters. The van der Waals surface area contributed by atoms with Crippen molar-refractivity contribution >= 4 is 22.9 Å². The first-order valence-electron chi connectivity index (χ1n) is 5.44. The molecule has 3 heterocycles. The van der Waals surface area contributed by atoms with E-state index < -0.39 is 5.91 Å². The number of aromatic nitrogens is 6. The molecule has 0 bridgehead atoms. The van der Waals surface area contributed by atoms with Gasteiger partial charge in [0.05, 0.1) is 11.6 Å². The van der Waals surface area contributed by atoms with Crippen molar-refractivity contribution in [2.24, 2.45) is 5.73 Å². The molecule has 4 N–H and O–H groups in total. The van der Waals surface area contributed by atoms with Gasteiger partial charge in [0.25, 0.3) is 5.91 Å². The number of hydrogen-bond donors (Lipinski definition) is 3. The third kappa shape index (κ3) is 1.76. The summed E-state index contributed by atoms with van der Waals surface area (Å²) in [5.41, 5.74) is 5.92. The molecule has 0 spiro atoms. The van der Waals surface area contributed by atoms with Crippen LogP contribution in [-0.4, -0.2) is 42.9 Å². The molecule has 0 unspecified atom stereocenters. The zero-order valence-electron chi connectivity index (χ0n) is 9.95. The van der Waals surface area contributed by atoms with Crippen molar-refractivity contribution in [1.29, 1.82) is 0 Å². The van der Waals surface area contributed by atoms with Crippen LogP contribution in [0, 0.1) is 0 Å². The predicted octanol–water partition coefficient (Wildman–Crippen LogP) is -0.321. The molecular formula is C10H10N8O. The minimum Gasteiger partial charge on any atom is -0.364 e. The van der Waals surface area contributed by atoms with Crippen molar-refractivity contribution < 1.29 is 4.79 Å². The van der Waals surface area contributed by atoms with Crippen molar-refractivity contribution in [1.82, 2.24) is 29.9 Å². The number of amides is 1. The molecule has 3 aromatic heterocycles. The molecule has 1 amide bonds. The summed E-state index contributed by atoms with van der Waals surface area (Å²) in [6, 6.07) is 1.52. The standard InChI is InChI=1S/C10H10N8O/c1-12-10-14-8-5(4-13-16-8)9(15-10)18-3-2-6(17-18)7(11)19/h2-4H,1H3,(H2,11,19)(H2,12,13,14,15,16). The quantitative estimate of drug-likeness (QED) is 0.590. The molecule has 19 heavy (non-hydrogen) atoms. The number of nitrogens with one attached hydrogen (secondary N) is 2. The molecule has 0 aliphatic heterocycles. The largest absolute Gasteiger partial charge is 0.364 e. The maximum atomic E-state index is 11.1. The van der Waals surface area contributed by atoms with Gasteiger partial charge in [0.15, 0.2) is 11.5 Å². The van der Waals surface area contributed by atoms with E-state index in [1.807, 2.05) is 0 Å². The predicted molar refractivity (Wildman–Crippen MR) is 66.9 cm³/mol. The summed E-state index contributed by atoms with van der Waals surface area (Å²) in [4.78, 5) is 19.6. The van der Waals surface area contributed by atoms with E-state index >= 15 is 0 Å². The Morgan fingerprint density at radius 1 is 1.47 bits per heavy atom. The Kier molecular flexibility index (Phi) is 2.37. The Morgan fingerprint density at radius 3 is 3.00 bits per heavy atom. The van der Waals surface area contributed by atoms with Gasteiger partial charge in [0.2, 0.25) is 5.95 Å². The zero-order chi connectivity index (χ0) is 13.4. The SMILES string of the molecule is CNc1nc(-n2ccc(C(N)=O)n2)c2cn[nH]c2n1. The van der Waals surface area contributed by atoms with Crippen molar-refractivity contribution in [3.8, 4) is 5.82 Å². The number of nitrogens with two attached hydrogens (primary N) is 1. The number of carbonyl (C=O) groups excluding carboxylic acids is 1. The van der Waals surface area contributed by atoms with Gasteiger partial charge in [-0.3, -0.25) is 9.89 Å². The van der Waals surface area contributed by atoms with Crippen LogP contribution in [0.1, 0.15) is 10.5 Å². The highest BCUT2D eigenvalue weighted by atomic mass is 16.1. The monoisotopic (exact) mass is 258 g/mol. The fraction of sp³-hybridized carbons (Fsp3) is 0.100. The van der Waals surface area contributed by atoms with Gasteiger partial charge in [-0.1, -0.05) is 0 Å². The van der Waals surface area contributed by atoms with Crippen LogP contribution in [0.3, 0.4) is 0 Å². The normalized spacial score (nSPS) is 10.8. The van der Waals surface area contributed by atoms with E-state index in [1.165, 1.54) is 10.7 Å². The lowest BCUT2D eigenvalue weighted by Gasteiger charge is -2.04. The smallest absolute Gasteiger partial charge is 0.269 e. The van der Waals surface area contributed by atoms with Crippen LogP contribution in [0.25, 0.3) is 16.9 Å². The summed E-state index contributed by atoms with van der Waals surface area (Å²) in [6.45, 7) is 0. The van der Waals surface area contributed by atoms with E-state index in [4.69, 9.17) is 5.73 Å². The highest BCUT2D eigenvalue weighted by molar-refractivity contribution is 5.90. The zero-order valence-corrected chi connectivity index (χ0v) is 9.95. The van der Waals surface area contributed by atoms with Crippen LogP contribution in [0.2, 0.25) is 0 Å². The van der Waals surface area contributed by atoms with Crippen molar-refractivity contribution in [3.05, 3.63) is 24.2 Å². The number of H-pyrrole nitrogens is 1.